The molecule has 10 heteroatoms. The van der Waals surface area contributed by atoms with Crippen LogP contribution in [0.3, 0.4) is 0 Å². The molecule has 3 aromatic rings. The molecule has 20 heavy (non-hydrogen) atoms. The van der Waals surface area contributed by atoms with Crippen LogP contribution in [0.1, 0.15) is 0 Å². The summed E-state index contributed by atoms with van der Waals surface area (Å²) in [6.07, 6.45) is 0. The zero-order chi connectivity index (χ0) is 13.6. The fourth-order valence-corrected chi connectivity index (χ4v) is 3.80. The van der Waals surface area contributed by atoms with Gasteiger partial charge in [0.2, 0.25) is 9.30 Å². The SMILES string of the molecule is Br.NS(=O)(=O)c1nn2c(Br)c(-c3ccccc3)nc2s1. The second-order valence-corrected chi connectivity index (χ2v) is 7.17. The summed E-state index contributed by atoms with van der Waals surface area (Å²) in [6, 6.07) is 9.54. The molecule has 1 aromatic carbocycles. The quantitative estimate of drug-likeness (QED) is 0.663. The van der Waals surface area contributed by atoms with Crippen LogP contribution in [-0.4, -0.2) is 23.0 Å². The molecule has 0 atom stereocenters. The number of imidazole rings is 1. The van der Waals surface area contributed by atoms with Gasteiger partial charge in [0.25, 0.3) is 10.0 Å². The van der Waals surface area contributed by atoms with Crippen molar-refractivity contribution in [1.82, 2.24) is 14.6 Å². The standard InChI is InChI=1S/C10H7BrN4O2S2.BrH/c11-8-7(6-4-2-1-3-5-6)13-9-15(8)14-10(18-9)19(12,16)17;/h1-5H,(H2,12,16,17);1H. The van der Waals surface area contributed by atoms with Crippen LogP contribution in [0.4, 0.5) is 0 Å². The first-order chi connectivity index (χ1) is 8.97. The van der Waals surface area contributed by atoms with Gasteiger partial charge in [-0.25, -0.2) is 18.5 Å². The van der Waals surface area contributed by atoms with Crippen molar-refractivity contribution in [2.45, 2.75) is 4.34 Å². The summed E-state index contributed by atoms with van der Waals surface area (Å²) in [5.41, 5.74) is 1.63. The second kappa shape index (κ2) is 5.53. The summed E-state index contributed by atoms with van der Waals surface area (Å²) in [6.45, 7) is 0. The molecule has 0 aliphatic carbocycles. The van der Waals surface area contributed by atoms with Crippen LogP contribution in [0.2, 0.25) is 0 Å². The smallest absolute Gasteiger partial charge is 0.223 e. The molecule has 0 aliphatic rings. The molecule has 6 nitrogen and oxygen atoms in total. The Morgan fingerprint density at radius 1 is 1.25 bits per heavy atom. The van der Waals surface area contributed by atoms with E-state index in [9.17, 15) is 8.42 Å². The van der Waals surface area contributed by atoms with Crippen LogP contribution in [0, 0.1) is 0 Å². The number of nitrogens with zero attached hydrogens (tertiary/aromatic N) is 3. The monoisotopic (exact) mass is 438 g/mol. The van der Waals surface area contributed by atoms with Crippen molar-refractivity contribution in [2.24, 2.45) is 5.14 Å². The van der Waals surface area contributed by atoms with Gasteiger partial charge >= 0.3 is 0 Å². The predicted octanol–water partition coefficient (Wildman–Crippen LogP) is 2.45. The fourth-order valence-electron chi connectivity index (χ4n) is 1.60. The number of primary sulfonamides is 1. The lowest BCUT2D eigenvalue weighted by atomic mass is 10.2. The highest BCUT2D eigenvalue weighted by atomic mass is 79.9. The molecule has 2 heterocycles. The van der Waals surface area contributed by atoms with Crippen LogP contribution in [0.25, 0.3) is 16.2 Å². The van der Waals surface area contributed by atoms with E-state index >= 15 is 0 Å². The van der Waals surface area contributed by atoms with Gasteiger partial charge in [-0.1, -0.05) is 41.7 Å². The number of rotatable bonds is 2. The first-order valence-electron chi connectivity index (χ1n) is 5.10. The number of hydrogen-bond donors (Lipinski definition) is 1. The highest BCUT2D eigenvalue weighted by Crippen LogP contribution is 2.31. The van der Waals surface area contributed by atoms with Crippen molar-refractivity contribution < 1.29 is 8.42 Å². The molecule has 0 amide bonds. The molecule has 0 bridgehead atoms. The second-order valence-electron chi connectivity index (χ2n) is 3.72. The van der Waals surface area contributed by atoms with Crippen LogP contribution in [0.5, 0.6) is 0 Å². The lowest BCUT2D eigenvalue weighted by Gasteiger charge is -1.96. The number of halogens is 2. The molecule has 0 spiro atoms. The van der Waals surface area contributed by atoms with E-state index in [0.29, 0.717) is 15.3 Å². The Morgan fingerprint density at radius 2 is 1.90 bits per heavy atom. The Morgan fingerprint density at radius 3 is 2.45 bits per heavy atom. The average molecular weight is 440 g/mol. The van der Waals surface area contributed by atoms with Gasteiger partial charge in [0.05, 0.1) is 0 Å². The van der Waals surface area contributed by atoms with Crippen LogP contribution in [0.15, 0.2) is 39.3 Å². The molecule has 2 aromatic heterocycles. The zero-order valence-corrected chi connectivity index (χ0v) is 14.7. The normalized spacial score (nSPS) is 11.5. The molecule has 106 valence electrons. The molecular formula is C10H8Br2N4O2S2. The number of benzene rings is 1. The average Bonchev–Trinajstić information content (AvgIpc) is 2.90. The Hall–Kier alpha value is -0.810. The van der Waals surface area contributed by atoms with Crippen molar-refractivity contribution in [3.05, 3.63) is 34.9 Å². The minimum Gasteiger partial charge on any atom is -0.223 e. The number of hydrogen-bond acceptors (Lipinski definition) is 5. The molecule has 2 N–H and O–H groups in total. The molecule has 3 rings (SSSR count). The van der Waals surface area contributed by atoms with E-state index in [-0.39, 0.29) is 21.3 Å². The number of aromatic nitrogens is 3. The molecule has 0 radical (unpaired) electrons. The Bertz CT molecular complexity index is 858. The van der Waals surface area contributed by atoms with Crippen molar-refractivity contribution in [1.29, 1.82) is 0 Å². The highest BCUT2D eigenvalue weighted by molar-refractivity contribution is 9.10. The third-order valence-corrected chi connectivity index (χ3v) is 5.35. The van der Waals surface area contributed by atoms with E-state index in [1.54, 1.807) is 0 Å². The third-order valence-electron chi connectivity index (χ3n) is 2.42. The molecule has 0 saturated heterocycles. The summed E-state index contributed by atoms with van der Waals surface area (Å²) in [5.74, 6) is 0. The maximum Gasteiger partial charge on any atom is 0.267 e. The van der Waals surface area contributed by atoms with Gasteiger partial charge in [0.15, 0.2) is 0 Å². The van der Waals surface area contributed by atoms with Crippen LogP contribution >= 0.6 is 44.2 Å². The van der Waals surface area contributed by atoms with Crippen molar-refractivity contribution in [3.63, 3.8) is 0 Å². The molecular weight excluding hydrogens is 432 g/mol. The Labute approximate surface area is 137 Å². The largest absolute Gasteiger partial charge is 0.267 e. The minimum atomic E-state index is -3.80. The highest BCUT2D eigenvalue weighted by Gasteiger charge is 2.20. The van der Waals surface area contributed by atoms with Crippen molar-refractivity contribution in [2.75, 3.05) is 0 Å². The van der Waals surface area contributed by atoms with E-state index in [0.717, 1.165) is 16.9 Å². The number of fused-ring (bicyclic) bond motifs is 1. The van der Waals surface area contributed by atoms with E-state index in [2.05, 4.69) is 26.0 Å². The minimum absolute atomic E-state index is 0. The van der Waals surface area contributed by atoms with Crippen molar-refractivity contribution in [3.8, 4) is 11.3 Å². The third kappa shape index (κ3) is 2.66. The number of sulfonamides is 1. The first-order valence-corrected chi connectivity index (χ1v) is 8.25. The fraction of sp³-hybridized carbons (Fsp3) is 0. The Kier molecular flexibility index (Phi) is 4.30. The lowest BCUT2D eigenvalue weighted by Crippen LogP contribution is -2.12. The van der Waals surface area contributed by atoms with Gasteiger partial charge in [0, 0.05) is 5.56 Å². The number of nitrogens with two attached hydrogens (primary N) is 1. The topological polar surface area (TPSA) is 90.4 Å². The summed E-state index contributed by atoms with van der Waals surface area (Å²) in [4.78, 5) is 4.84. The van der Waals surface area contributed by atoms with Gasteiger partial charge in [-0.3, -0.25) is 0 Å². The summed E-state index contributed by atoms with van der Waals surface area (Å²) in [7, 11) is -3.80. The molecule has 0 unspecified atom stereocenters. The Balaban J connectivity index is 0.00000147. The molecule has 0 fully saturated rings. The van der Waals surface area contributed by atoms with Gasteiger partial charge in [0.1, 0.15) is 10.3 Å². The van der Waals surface area contributed by atoms with E-state index < -0.39 is 10.0 Å². The first kappa shape index (κ1) is 15.6. The van der Waals surface area contributed by atoms with Gasteiger partial charge in [-0.2, -0.15) is 4.52 Å². The van der Waals surface area contributed by atoms with Crippen LogP contribution < -0.4 is 5.14 Å². The maximum absolute atomic E-state index is 11.2. The van der Waals surface area contributed by atoms with Crippen LogP contribution in [-0.2, 0) is 10.0 Å². The van der Waals surface area contributed by atoms with Gasteiger partial charge in [-0.15, -0.1) is 22.1 Å². The van der Waals surface area contributed by atoms with E-state index in [1.807, 2.05) is 30.3 Å². The van der Waals surface area contributed by atoms with E-state index in [4.69, 9.17) is 5.14 Å². The van der Waals surface area contributed by atoms with E-state index in [1.165, 1.54) is 4.52 Å². The van der Waals surface area contributed by atoms with Crippen molar-refractivity contribution >= 4 is 59.2 Å². The summed E-state index contributed by atoms with van der Waals surface area (Å²) >= 11 is 4.31. The van der Waals surface area contributed by atoms with Gasteiger partial charge < -0.3 is 0 Å². The lowest BCUT2D eigenvalue weighted by molar-refractivity contribution is 0.595. The zero-order valence-electron chi connectivity index (χ0n) is 9.72. The maximum atomic E-state index is 11.2. The summed E-state index contributed by atoms with van der Waals surface area (Å²) in [5, 5.41) is 8.99. The predicted molar refractivity (Wildman–Crippen MR) is 85.7 cm³/mol. The molecule has 0 aliphatic heterocycles. The molecule has 0 saturated carbocycles. The van der Waals surface area contributed by atoms with Gasteiger partial charge in [-0.05, 0) is 15.9 Å². The summed E-state index contributed by atoms with van der Waals surface area (Å²) < 4.78 is 24.3.